The molecule has 27 heavy (non-hydrogen) atoms. The smallest absolute Gasteiger partial charge is 0.275 e. The number of amidine groups is 1. The van der Waals surface area contributed by atoms with Crippen molar-refractivity contribution < 1.29 is 13.9 Å². The Balaban J connectivity index is 1.91. The quantitative estimate of drug-likeness (QED) is 0.840. The molecule has 1 aliphatic heterocycles. The maximum absolute atomic E-state index is 14.5. The number of pyridine rings is 1. The number of carbonyl (C=O) groups is 1. The van der Waals surface area contributed by atoms with Gasteiger partial charge in [-0.2, -0.15) is 0 Å². The van der Waals surface area contributed by atoms with Crippen molar-refractivity contribution in [3.8, 4) is 0 Å². The first-order valence-corrected chi connectivity index (χ1v) is 8.82. The van der Waals surface area contributed by atoms with E-state index in [0.29, 0.717) is 30.1 Å². The largest absolute Gasteiger partial charge is 0.386 e. The molecule has 0 saturated heterocycles. The van der Waals surface area contributed by atoms with E-state index in [1.807, 2.05) is 6.92 Å². The Morgan fingerprint density at radius 3 is 2.93 bits per heavy atom. The first kappa shape index (κ1) is 19.3. The second-order valence-corrected chi connectivity index (χ2v) is 7.08. The normalized spacial score (nSPS) is 19.9. The Morgan fingerprint density at radius 2 is 2.19 bits per heavy atom. The molecule has 1 aliphatic rings. The second kappa shape index (κ2) is 7.62. The molecule has 0 radical (unpaired) electrons. The molecular formula is C19H20ClFN4O2. The molecule has 1 aromatic heterocycles. The van der Waals surface area contributed by atoms with Crippen LogP contribution in [0, 0.1) is 12.7 Å². The number of aryl methyl sites for hydroxylation is 1. The molecule has 0 bridgehead atoms. The van der Waals surface area contributed by atoms with Crippen LogP contribution >= 0.6 is 11.6 Å². The summed E-state index contributed by atoms with van der Waals surface area (Å²) in [7, 11) is 0. The van der Waals surface area contributed by atoms with Crippen LogP contribution in [-0.4, -0.2) is 29.9 Å². The van der Waals surface area contributed by atoms with Gasteiger partial charge in [-0.15, -0.1) is 0 Å². The molecule has 2 heterocycles. The van der Waals surface area contributed by atoms with Crippen LogP contribution in [-0.2, 0) is 10.3 Å². The number of benzene rings is 1. The van der Waals surface area contributed by atoms with Crippen LogP contribution in [0.4, 0.5) is 10.1 Å². The Kier molecular flexibility index (Phi) is 5.43. The number of aliphatic imine (C=N–C) groups is 1. The zero-order valence-corrected chi connectivity index (χ0v) is 15.8. The predicted molar refractivity (Wildman–Crippen MR) is 103 cm³/mol. The lowest BCUT2D eigenvalue weighted by molar-refractivity contribution is 0.102. The van der Waals surface area contributed by atoms with Gasteiger partial charge in [0.2, 0.25) is 0 Å². The van der Waals surface area contributed by atoms with E-state index in [4.69, 9.17) is 22.1 Å². The average molecular weight is 391 g/mol. The van der Waals surface area contributed by atoms with Gasteiger partial charge in [0.15, 0.2) is 0 Å². The third-order valence-corrected chi connectivity index (χ3v) is 4.66. The van der Waals surface area contributed by atoms with Gasteiger partial charge < -0.3 is 15.8 Å². The van der Waals surface area contributed by atoms with Crippen molar-refractivity contribution in [3.63, 3.8) is 0 Å². The number of hydrogen-bond acceptors (Lipinski definition) is 5. The minimum absolute atomic E-state index is 0.101. The summed E-state index contributed by atoms with van der Waals surface area (Å²) in [4.78, 5) is 21.0. The number of aromatic nitrogens is 1. The van der Waals surface area contributed by atoms with Crippen LogP contribution in [0.1, 0.15) is 35.0 Å². The van der Waals surface area contributed by atoms with E-state index in [1.165, 1.54) is 12.1 Å². The molecule has 1 amide bonds. The van der Waals surface area contributed by atoms with Crippen LogP contribution < -0.4 is 11.1 Å². The van der Waals surface area contributed by atoms with Crippen LogP contribution in [0.5, 0.6) is 0 Å². The van der Waals surface area contributed by atoms with E-state index in [2.05, 4.69) is 15.3 Å². The maximum atomic E-state index is 14.5. The molecule has 3 N–H and O–H groups in total. The summed E-state index contributed by atoms with van der Waals surface area (Å²) >= 11 is 6.10. The monoisotopic (exact) mass is 390 g/mol. The SMILES string of the molecule is Cc1cnc(C(=O)Nc2ccc(F)c([C@]3(C)CCOCC(N)=N3)c2)c(Cl)c1. The van der Waals surface area contributed by atoms with Gasteiger partial charge in [0.25, 0.3) is 5.91 Å². The van der Waals surface area contributed by atoms with E-state index in [-0.39, 0.29) is 17.3 Å². The van der Waals surface area contributed by atoms with Crippen molar-refractivity contribution in [2.75, 3.05) is 18.5 Å². The topological polar surface area (TPSA) is 89.6 Å². The fraction of sp³-hybridized carbons (Fsp3) is 0.316. The van der Waals surface area contributed by atoms with Crippen molar-refractivity contribution in [1.82, 2.24) is 4.98 Å². The van der Waals surface area contributed by atoms with Gasteiger partial charge in [0, 0.05) is 24.1 Å². The maximum Gasteiger partial charge on any atom is 0.275 e. The highest BCUT2D eigenvalue weighted by atomic mass is 35.5. The Bertz CT molecular complexity index is 919. The zero-order valence-electron chi connectivity index (χ0n) is 15.1. The first-order chi connectivity index (χ1) is 12.8. The van der Waals surface area contributed by atoms with Crippen molar-refractivity contribution in [2.24, 2.45) is 10.7 Å². The number of nitrogens with one attached hydrogen (secondary N) is 1. The number of anilines is 1. The van der Waals surface area contributed by atoms with Gasteiger partial charge in [-0.1, -0.05) is 11.6 Å². The van der Waals surface area contributed by atoms with Gasteiger partial charge in [-0.3, -0.25) is 9.79 Å². The number of nitrogens with two attached hydrogens (primary N) is 1. The fourth-order valence-corrected chi connectivity index (χ4v) is 3.26. The highest BCUT2D eigenvalue weighted by Gasteiger charge is 2.31. The molecule has 6 nitrogen and oxygen atoms in total. The molecule has 1 aromatic carbocycles. The average Bonchev–Trinajstić information content (AvgIpc) is 2.77. The Labute approximate surface area is 161 Å². The molecule has 0 spiro atoms. The van der Waals surface area contributed by atoms with Crippen molar-refractivity contribution in [3.05, 3.63) is 58.1 Å². The molecule has 0 fully saturated rings. The predicted octanol–water partition coefficient (Wildman–Crippen LogP) is 3.43. The lowest BCUT2D eigenvalue weighted by Crippen LogP contribution is -2.26. The molecule has 0 aliphatic carbocycles. The molecule has 0 unspecified atom stereocenters. The van der Waals surface area contributed by atoms with E-state index in [0.717, 1.165) is 5.56 Å². The third kappa shape index (κ3) is 4.26. The molecule has 142 valence electrons. The number of amides is 1. The van der Waals surface area contributed by atoms with Gasteiger partial charge in [-0.05, 0) is 50.1 Å². The highest BCUT2D eigenvalue weighted by Crippen LogP contribution is 2.34. The summed E-state index contributed by atoms with van der Waals surface area (Å²) in [5.41, 5.74) is 6.64. The molecule has 2 aromatic rings. The summed E-state index contributed by atoms with van der Waals surface area (Å²) in [6, 6.07) is 5.97. The van der Waals surface area contributed by atoms with E-state index in [9.17, 15) is 9.18 Å². The van der Waals surface area contributed by atoms with Gasteiger partial charge in [-0.25, -0.2) is 9.37 Å². The molecule has 1 atom stereocenters. The fourth-order valence-electron chi connectivity index (χ4n) is 2.95. The summed E-state index contributed by atoms with van der Waals surface area (Å²) < 4.78 is 19.9. The first-order valence-electron chi connectivity index (χ1n) is 8.44. The van der Waals surface area contributed by atoms with E-state index in [1.54, 1.807) is 25.3 Å². The number of nitrogens with zero attached hydrogens (tertiary/aromatic N) is 2. The standard InChI is InChI=1S/C19H20ClFN4O2/c1-11-7-14(20)17(23-9-11)18(26)24-12-3-4-15(21)13(8-12)19(2)5-6-27-10-16(22)25-19/h3-4,7-9H,5-6,10H2,1-2H3,(H2,22,25)(H,24,26)/t19-/m0/s1. The Hall–Kier alpha value is -2.51. The lowest BCUT2D eigenvalue weighted by atomic mass is 9.88. The Morgan fingerprint density at radius 1 is 1.41 bits per heavy atom. The van der Waals surface area contributed by atoms with Crippen LogP contribution in [0.15, 0.2) is 35.5 Å². The van der Waals surface area contributed by atoms with E-state index < -0.39 is 17.3 Å². The number of halogens is 2. The second-order valence-electron chi connectivity index (χ2n) is 6.67. The number of carbonyl (C=O) groups excluding carboxylic acids is 1. The van der Waals surface area contributed by atoms with Crippen molar-refractivity contribution >= 4 is 29.0 Å². The van der Waals surface area contributed by atoms with Gasteiger partial charge in [0.1, 0.15) is 24.0 Å². The third-order valence-electron chi connectivity index (χ3n) is 4.37. The van der Waals surface area contributed by atoms with Crippen molar-refractivity contribution in [1.29, 1.82) is 0 Å². The number of hydrogen-bond donors (Lipinski definition) is 2. The molecule has 3 rings (SSSR count). The molecule has 0 saturated carbocycles. The van der Waals surface area contributed by atoms with Crippen molar-refractivity contribution in [2.45, 2.75) is 25.8 Å². The van der Waals surface area contributed by atoms with Crippen LogP contribution in [0.2, 0.25) is 5.02 Å². The summed E-state index contributed by atoms with van der Waals surface area (Å²) in [5.74, 6) is -0.602. The summed E-state index contributed by atoms with van der Waals surface area (Å²) in [6.07, 6.45) is 2.02. The minimum atomic E-state index is -0.884. The van der Waals surface area contributed by atoms with Crippen LogP contribution in [0.3, 0.4) is 0 Å². The van der Waals surface area contributed by atoms with Crippen LogP contribution in [0.25, 0.3) is 0 Å². The van der Waals surface area contributed by atoms with E-state index >= 15 is 0 Å². The summed E-state index contributed by atoms with van der Waals surface area (Å²) in [6.45, 7) is 4.23. The molecular weight excluding hydrogens is 371 g/mol. The van der Waals surface area contributed by atoms with Gasteiger partial charge in [0.05, 0.1) is 10.6 Å². The van der Waals surface area contributed by atoms with Gasteiger partial charge >= 0.3 is 0 Å². The number of ether oxygens (including phenoxy) is 1. The zero-order chi connectivity index (χ0) is 19.6. The molecule has 8 heteroatoms. The minimum Gasteiger partial charge on any atom is -0.386 e. The lowest BCUT2D eigenvalue weighted by Gasteiger charge is -2.25. The number of rotatable bonds is 3. The highest BCUT2D eigenvalue weighted by molar-refractivity contribution is 6.34. The summed E-state index contributed by atoms with van der Waals surface area (Å²) in [5, 5.41) is 2.96.